The second kappa shape index (κ2) is 9.71. The first-order chi connectivity index (χ1) is 13.9. The van der Waals surface area contributed by atoms with Gasteiger partial charge in [0.05, 0.1) is 18.1 Å². The molecule has 0 spiro atoms. The zero-order valence-corrected chi connectivity index (χ0v) is 17.7. The number of anilines is 3. The maximum atomic E-state index is 12.4. The first kappa shape index (κ1) is 21.1. The predicted octanol–water partition coefficient (Wildman–Crippen LogP) is 2.13. The number of aryl methyl sites for hydroxylation is 1. The number of rotatable bonds is 7. The highest BCUT2D eigenvalue weighted by Crippen LogP contribution is 2.24. The van der Waals surface area contributed by atoms with Crippen molar-refractivity contribution in [3.05, 3.63) is 35.8 Å². The van der Waals surface area contributed by atoms with E-state index in [1.807, 2.05) is 43.2 Å². The standard InChI is InChI=1S/C19H27ClN8O/c1-26(2)8-5-7-17(29)28-9-4-6-14(13-28)23-18-16(20)11-21-19(25-18)24-15-10-22-27(3)12-15/h5,7,10-12,14H,4,6,8-9,13H2,1-3H3,(H2,21,23,24,25). The summed E-state index contributed by atoms with van der Waals surface area (Å²) < 4.78 is 1.69. The summed E-state index contributed by atoms with van der Waals surface area (Å²) in [5.74, 6) is 1.02. The second-order valence-electron chi connectivity index (χ2n) is 7.35. The molecule has 9 nitrogen and oxygen atoms in total. The molecule has 1 saturated heterocycles. The number of likely N-dealkylation sites (N-methyl/N-ethyl adjacent to an activating group) is 1. The minimum atomic E-state index is 0.0334. The summed E-state index contributed by atoms with van der Waals surface area (Å²) in [6, 6.07) is 0.0774. The maximum Gasteiger partial charge on any atom is 0.246 e. The Bertz CT molecular complexity index is 866. The van der Waals surface area contributed by atoms with Crippen LogP contribution < -0.4 is 10.6 Å². The van der Waals surface area contributed by atoms with Crippen LogP contribution in [0.1, 0.15) is 12.8 Å². The molecule has 0 saturated carbocycles. The highest BCUT2D eigenvalue weighted by Gasteiger charge is 2.23. The fourth-order valence-electron chi connectivity index (χ4n) is 3.10. The number of piperidine rings is 1. The van der Waals surface area contributed by atoms with Gasteiger partial charge in [0.15, 0.2) is 5.82 Å². The number of hydrogen-bond donors (Lipinski definition) is 2. The van der Waals surface area contributed by atoms with E-state index >= 15 is 0 Å². The lowest BCUT2D eigenvalue weighted by Gasteiger charge is -2.33. The fourth-order valence-corrected chi connectivity index (χ4v) is 3.25. The van der Waals surface area contributed by atoms with Gasteiger partial charge in [-0.1, -0.05) is 17.7 Å². The smallest absolute Gasteiger partial charge is 0.246 e. The third-order valence-electron chi connectivity index (χ3n) is 4.51. The van der Waals surface area contributed by atoms with Gasteiger partial charge in [0.25, 0.3) is 0 Å². The van der Waals surface area contributed by atoms with Gasteiger partial charge < -0.3 is 20.4 Å². The zero-order chi connectivity index (χ0) is 20.8. The molecule has 0 radical (unpaired) electrons. The van der Waals surface area contributed by atoms with E-state index < -0.39 is 0 Å². The summed E-state index contributed by atoms with van der Waals surface area (Å²) in [6.07, 6.45) is 10.5. The molecular formula is C19H27ClN8O. The molecule has 29 heavy (non-hydrogen) atoms. The second-order valence-corrected chi connectivity index (χ2v) is 7.76. The Morgan fingerprint density at radius 1 is 1.41 bits per heavy atom. The van der Waals surface area contributed by atoms with Crippen LogP contribution in [0, 0.1) is 0 Å². The molecule has 2 N–H and O–H groups in total. The van der Waals surface area contributed by atoms with E-state index in [4.69, 9.17) is 11.6 Å². The van der Waals surface area contributed by atoms with Crippen LogP contribution in [0.25, 0.3) is 0 Å². The number of likely N-dealkylation sites (tertiary alicyclic amines) is 1. The van der Waals surface area contributed by atoms with Gasteiger partial charge in [0, 0.05) is 45.0 Å². The van der Waals surface area contributed by atoms with Crippen LogP contribution in [0.4, 0.5) is 17.5 Å². The Balaban J connectivity index is 1.62. The van der Waals surface area contributed by atoms with Gasteiger partial charge in [-0.25, -0.2) is 4.98 Å². The highest BCUT2D eigenvalue weighted by atomic mass is 35.5. The topological polar surface area (TPSA) is 91.2 Å². The number of amides is 1. The molecule has 2 aromatic heterocycles. The maximum absolute atomic E-state index is 12.4. The van der Waals surface area contributed by atoms with Crippen molar-refractivity contribution in [1.29, 1.82) is 0 Å². The van der Waals surface area contributed by atoms with Crippen molar-refractivity contribution < 1.29 is 4.79 Å². The SMILES string of the molecule is CN(C)CC=CC(=O)N1CCCC(Nc2nc(Nc3cnn(C)c3)ncc2Cl)C1. The third-order valence-corrected chi connectivity index (χ3v) is 4.79. The van der Waals surface area contributed by atoms with Crippen molar-refractivity contribution in [1.82, 2.24) is 29.5 Å². The van der Waals surface area contributed by atoms with Crippen LogP contribution in [0.5, 0.6) is 0 Å². The number of carbonyl (C=O) groups is 1. The number of carbonyl (C=O) groups excluding carboxylic acids is 1. The molecule has 1 aliphatic rings. The van der Waals surface area contributed by atoms with E-state index in [2.05, 4.69) is 25.7 Å². The molecule has 1 aliphatic heterocycles. The minimum absolute atomic E-state index is 0.0334. The van der Waals surface area contributed by atoms with Crippen molar-refractivity contribution in [2.45, 2.75) is 18.9 Å². The van der Waals surface area contributed by atoms with Gasteiger partial charge in [-0.05, 0) is 26.9 Å². The number of halogens is 1. The highest BCUT2D eigenvalue weighted by molar-refractivity contribution is 6.32. The van der Waals surface area contributed by atoms with E-state index in [0.717, 1.165) is 31.6 Å². The number of aromatic nitrogens is 4. The van der Waals surface area contributed by atoms with Gasteiger partial charge in [-0.15, -0.1) is 0 Å². The lowest BCUT2D eigenvalue weighted by Crippen LogP contribution is -2.44. The fraction of sp³-hybridized carbons (Fsp3) is 0.474. The average Bonchev–Trinajstić information content (AvgIpc) is 3.09. The Hall–Kier alpha value is -2.65. The van der Waals surface area contributed by atoms with E-state index in [-0.39, 0.29) is 11.9 Å². The summed E-state index contributed by atoms with van der Waals surface area (Å²) in [4.78, 5) is 25.0. The number of nitrogens with zero attached hydrogens (tertiary/aromatic N) is 6. The molecule has 0 aliphatic carbocycles. The van der Waals surface area contributed by atoms with Crippen LogP contribution in [-0.2, 0) is 11.8 Å². The molecule has 1 atom stereocenters. The van der Waals surface area contributed by atoms with Gasteiger partial charge in [0.2, 0.25) is 11.9 Å². The number of nitrogens with one attached hydrogen (secondary N) is 2. The van der Waals surface area contributed by atoms with Gasteiger partial charge in [0.1, 0.15) is 5.02 Å². The molecular weight excluding hydrogens is 392 g/mol. The summed E-state index contributed by atoms with van der Waals surface area (Å²) >= 11 is 6.29. The van der Waals surface area contributed by atoms with Crippen LogP contribution in [0.15, 0.2) is 30.7 Å². The normalized spacial score (nSPS) is 17.1. The molecule has 1 fully saturated rings. The Labute approximate surface area is 175 Å². The molecule has 10 heteroatoms. The largest absolute Gasteiger partial charge is 0.364 e. The van der Waals surface area contributed by atoms with E-state index in [1.165, 1.54) is 0 Å². The van der Waals surface area contributed by atoms with Crippen molar-refractivity contribution in [3.8, 4) is 0 Å². The van der Waals surface area contributed by atoms with Crippen LogP contribution in [-0.4, -0.2) is 75.2 Å². The zero-order valence-electron chi connectivity index (χ0n) is 17.0. The van der Waals surface area contributed by atoms with Crippen LogP contribution >= 0.6 is 11.6 Å². The quantitative estimate of drug-likeness (QED) is 0.665. The van der Waals surface area contributed by atoms with E-state index in [1.54, 1.807) is 23.2 Å². The molecule has 2 aromatic rings. The van der Waals surface area contributed by atoms with Crippen molar-refractivity contribution in [3.63, 3.8) is 0 Å². The van der Waals surface area contributed by atoms with Gasteiger partial charge >= 0.3 is 0 Å². The summed E-state index contributed by atoms with van der Waals surface area (Å²) in [5.41, 5.74) is 0.791. The Morgan fingerprint density at radius 3 is 2.97 bits per heavy atom. The summed E-state index contributed by atoms with van der Waals surface area (Å²) in [5, 5.41) is 11.0. The first-order valence-corrected chi connectivity index (χ1v) is 9.93. The molecule has 1 amide bonds. The van der Waals surface area contributed by atoms with Crippen LogP contribution in [0.2, 0.25) is 5.02 Å². The van der Waals surface area contributed by atoms with E-state index in [9.17, 15) is 4.79 Å². The third kappa shape index (κ3) is 6.16. The molecule has 3 heterocycles. The van der Waals surface area contributed by atoms with E-state index in [0.29, 0.717) is 23.3 Å². The molecule has 0 aromatic carbocycles. The molecule has 0 bridgehead atoms. The lowest BCUT2D eigenvalue weighted by molar-refractivity contribution is -0.127. The Kier molecular flexibility index (Phi) is 7.05. The molecule has 156 valence electrons. The monoisotopic (exact) mass is 418 g/mol. The summed E-state index contributed by atoms with van der Waals surface area (Å²) in [6.45, 7) is 2.11. The molecule has 3 rings (SSSR count). The van der Waals surface area contributed by atoms with Crippen molar-refractivity contribution in [2.75, 3.05) is 44.4 Å². The van der Waals surface area contributed by atoms with Gasteiger partial charge in [-0.2, -0.15) is 10.1 Å². The Morgan fingerprint density at radius 2 is 2.24 bits per heavy atom. The van der Waals surface area contributed by atoms with Crippen molar-refractivity contribution in [2.24, 2.45) is 7.05 Å². The predicted molar refractivity (Wildman–Crippen MR) is 114 cm³/mol. The van der Waals surface area contributed by atoms with Crippen molar-refractivity contribution >= 4 is 35.0 Å². The van der Waals surface area contributed by atoms with Crippen LogP contribution in [0.3, 0.4) is 0 Å². The number of hydrogen-bond acceptors (Lipinski definition) is 7. The average molecular weight is 419 g/mol. The van der Waals surface area contributed by atoms with Gasteiger partial charge in [-0.3, -0.25) is 9.48 Å². The molecule has 1 unspecified atom stereocenters. The lowest BCUT2D eigenvalue weighted by atomic mass is 10.1. The summed E-state index contributed by atoms with van der Waals surface area (Å²) in [7, 11) is 5.78. The minimum Gasteiger partial charge on any atom is -0.364 e. The first-order valence-electron chi connectivity index (χ1n) is 9.55.